The van der Waals surface area contributed by atoms with Crippen molar-refractivity contribution in [1.82, 2.24) is 9.55 Å². The second-order valence-electron chi connectivity index (χ2n) is 3.81. The number of nitrogens with zero attached hydrogens (tertiary/aromatic N) is 2. The van der Waals surface area contributed by atoms with Crippen molar-refractivity contribution in [2.24, 2.45) is 0 Å². The number of rotatable bonds is 2. The number of carboxylic acid groups (broad SMARTS) is 1. The maximum absolute atomic E-state index is 13.7. The van der Waals surface area contributed by atoms with Crippen LogP contribution in [0.1, 0.15) is 35.5 Å². The largest absolute Gasteiger partial charge is 0.476 e. The molecule has 0 bridgehead atoms. The second-order valence-corrected chi connectivity index (χ2v) is 3.81. The Hall–Kier alpha value is -2.17. The van der Waals surface area contributed by atoms with E-state index in [9.17, 15) is 9.18 Å². The highest BCUT2D eigenvalue weighted by atomic mass is 19.1. The quantitative estimate of drug-likeness (QED) is 0.905. The monoisotopic (exact) mass is 264 g/mol. The van der Waals surface area contributed by atoms with Crippen LogP contribution in [0.5, 0.6) is 0 Å². The Bertz CT molecular complexity index is 591. The fourth-order valence-corrected chi connectivity index (χ4v) is 1.66. The number of benzene rings is 1. The summed E-state index contributed by atoms with van der Waals surface area (Å²) in [4.78, 5) is 14.4. The van der Waals surface area contributed by atoms with Crippen molar-refractivity contribution in [3.05, 3.63) is 47.3 Å². The molecule has 1 heterocycles. The second kappa shape index (κ2) is 6.13. The zero-order chi connectivity index (χ0) is 14.6. The summed E-state index contributed by atoms with van der Waals surface area (Å²) >= 11 is 0. The molecule has 2 rings (SSSR count). The Morgan fingerprint density at radius 3 is 2.47 bits per heavy atom. The molecule has 0 aliphatic rings. The van der Waals surface area contributed by atoms with Gasteiger partial charge in [-0.3, -0.25) is 0 Å². The van der Waals surface area contributed by atoms with Gasteiger partial charge in [0.25, 0.3) is 0 Å². The molecule has 0 atom stereocenters. The Morgan fingerprint density at radius 1 is 1.32 bits per heavy atom. The van der Waals surface area contributed by atoms with Crippen LogP contribution in [0.3, 0.4) is 0 Å². The topological polar surface area (TPSA) is 55.1 Å². The van der Waals surface area contributed by atoms with Crippen LogP contribution >= 0.6 is 0 Å². The van der Waals surface area contributed by atoms with Gasteiger partial charge in [0.15, 0.2) is 5.69 Å². The maximum atomic E-state index is 13.7. The molecule has 0 spiro atoms. The highest BCUT2D eigenvalue weighted by Crippen LogP contribution is 2.20. The highest BCUT2D eigenvalue weighted by molar-refractivity contribution is 5.85. The van der Waals surface area contributed by atoms with E-state index in [1.807, 2.05) is 13.8 Å². The van der Waals surface area contributed by atoms with Gasteiger partial charge < -0.3 is 9.67 Å². The average Bonchev–Trinajstić information content (AvgIpc) is 2.88. The molecule has 0 radical (unpaired) electrons. The van der Waals surface area contributed by atoms with Gasteiger partial charge in [0, 0.05) is 11.8 Å². The zero-order valence-electron chi connectivity index (χ0n) is 11.4. The summed E-state index contributed by atoms with van der Waals surface area (Å²) in [5, 5.41) is 8.76. The van der Waals surface area contributed by atoms with E-state index in [0.717, 1.165) is 0 Å². The SMILES string of the molecule is CC.Cc1ccc(-n2cnc(C(=O)O)c2)c(C)c1F. The molecule has 0 unspecified atom stereocenters. The molecule has 0 aliphatic carbocycles. The maximum Gasteiger partial charge on any atom is 0.356 e. The molecule has 0 amide bonds. The summed E-state index contributed by atoms with van der Waals surface area (Å²) in [7, 11) is 0. The van der Waals surface area contributed by atoms with Crippen LogP contribution in [0.2, 0.25) is 0 Å². The molecule has 0 aliphatic heterocycles. The van der Waals surface area contributed by atoms with Crippen molar-refractivity contribution in [2.45, 2.75) is 27.7 Å². The van der Waals surface area contributed by atoms with Gasteiger partial charge >= 0.3 is 5.97 Å². The number of aryl methyl sites for hydroxylation is 1. The summed E-state index contributed by atoms with van der Waals surface area (Å²) in [6, 6.07) is 3.39. The summed E-state index contributed by atoms with van der Waals surface area (Å²) < 4.78 is 15.2. The first-order chi connectivity index (χ1) is 9.00. The number of hydrogen-bond acceptors (Lipinski definition) is 2. The first-order valence-electron chi connectivity index (χ1n) is 6.04. The van der Waals surface area contributed by atoms with Gasteiger partial charge in [-0.2, -0.15) is 0 Å². The number of carboxylic acids is 1. The Labute approximate surface area is 111 Å². The van der Waals surface area contributed by atoms with E-state index in [1.165, 1.54) is 17.1 Å². The van der Waals surface area contributed by atoms with Crippen molar-refractivity contribution in [3.63, 3.8) is 0 Å². The van der Waals surface area contributed by atoms with E-state index in [2.05, 4.69) is 4.98 Å². The molecular formula is C14H17FN2O2. The lowest BCUT2D eigenvalue weighted by Crippen LogP contribution is -1.99. The van der Waals surface area contributed by atoms with Crippen LogP contribution in [0, 0.1) is 19.7 Å². The third-order valence-electron chi connectivity index (χ3n) is 2.63. The molecular weight excluding hydrogens is 247 g/mol. The van der Waals surface area contributed by atoms with Gasteiger partial charge in [-0.15, -0.1) is 0 Å². The molecule has 1 aromatic heterocycles. The van der Waals surface area contributed by atoms with E-state index in [0.29, 0.717) is 16.8 Å². The Morgan fingerprint density at radius 2 is 1.95 bits per heavy atom. The highest BCUT2D eigenvalue weighted by Gasteiger charge is 2.11. The van der Waals surface area contributed by atoms with E-state index in [-0.39, 0.29) is 11.5 Å². The molecule has 2 aromatic rings. The van der Waals surface area contributed by atoms with Crippen molar-refractivity contribution >= 4 is 5.97 Å². The summed E-state index contributed by atoms with van der Waals surface area (Å²) in [5.41, 5.74) is 1.56. The lowest BCUT2D eigenvalue weighted by Gasteiger charge is -2.08. The molecule has 0 fully saturated rings. The zero-order valence-corrected chi connectivity index (χ0v) is 11.4. The standard InChI is InChI=1S/C12H11FN2O2.C2H6/c1-7-3-4-10(8(2)11(7)13)15-5-9(12(16)17)14-6-15;1-2/h3-6H,1-2H3,(H,16,17);1-2H3. The van der Waals surface area contributed by atoms with Crippen LogP contribution in [-0.4, -0.2) is 20.6 Å². The summed E-state index contributed by atoms with van der Waals surface area (Å²) in [6.45, 7) is 7.33. The number of carbonyl (C=O) groups is 1. The lowest BCUT2D eigenvalue weighted by atomic mass is 10.1. The van der Waals surface area contributed by atoms with Crippen molar-refractivity contribution < 1.29 is 14.3 Å². The van der Waals surface area contributed by atoms with Crippen LogP contribution in [0.4, 0.5) is 4.39 Å². The van der Waals surface area contributed by atoms with Crippen LogP contribution in [0.15, 0.2) is 24.7 Å². The number of aromatic carboxylic acids is 1. The predicted molar refractivity (Wildman–Crippen MR) is 71.3 cm³/mol. The van der Waals surface area contributed by atoms with E-state index in [1.54, 1.807) is 26.0 Å². The van der Waals surface area contributed by atoms with Gasteiger partial charge in [0.05, 0.1) is 5.69 Å². The van der Waals surface area contributed by atoms with Crippen molar-refractivity contribution in [3.8, 4) is 5.69 Å². The molecule has 0 saturated heterocycles. The van der Waals surface area contributed by atoms with Crippen LogP contribution in [0.25, 0.3) is 5.69 Å². The van der Waals surface area contributed by atoms with Gasteiger partial charge in [0.2, 0.25) is 0 Å². The van der Waals surface area contributed by atoms with Gasteiger partial charge in [0.1, 0.15) is 12.1 Å². The molecule has 1 aromatic carbocycles. The lowest BCUT2D eigenvalue weighted by molar-refractivity contribution is 0.0691. The molecule has 4 nitrogen and oxygen atoms in total. The van der Waals surface area contributed by atoms with E-state index in [4.69, 9.17) is 5.11 Å². The Balaban J connectivity index is 0.000000861. The molecule has 102 valence electrons. The fraction of sp³-hybridized carbons (Fsp3) is 0.286. The third kappa shape index (κ3) is 2.99. The minimum absolute atomic E-state index is 0.0645. The van der Waals surface area contributed by atoms with E-state index < -0.39 is 5.97 Å². The van der Waals surface area contributed by atoms with E-state index >= 15 is 0 Å². The molecule has 19 heavy (non-hydrogen) atoms. The first-order valence-corrected chi connectivity index (χ1v) is 6.04. The summed E-state index contributed by atoms with van der Waals surface area (Å²) in [6.07, 6.45) is 2.72. The van der Waals surface area contributed by atoms with Gasteiger partial charge in [-0.1, -0.05) is 19.9 Å². The minimum atomic E-state index is -1.10. The van der Waals surface area contributed by atoms with Crippen LogP contribution in [-0.2, 0) is 0 Å². The fourth-order valence-electron chi connectivity index (χ4n) is 1.66. The van der Waals surface area contributed by atoms with Gasteiger partial charge in [-0.05, 0) is 25.5 Å². The Kier molecular flexibility index (Phi) is 4.80. The normalized spacial score (nSPS) is 9.74. The number of aromatic nitrogens is 2. The minimum Gasteiger partial charge on any atom is -0.476 e. The predicted octanol–water partition coefficient (Wildman–Crippen LogP) is 3.35. The third-order valence-corrected chi connectivity index (χ3v) is 2.63. The van der Waals surface area contributed by atoms with Crippen molar-refractivity contribution in [2.75, 3.05) is 0 Å². The molecule has 0 saturated carbocycles. The smallest absolute Gasteiger partial charge is 0.356 e. The van der Waals surface area contributed by atoms with Crippen LogP contribution < -0.4 is 0 Å². The molecule has 5 heteroatoms. The van der Waals surface area contributed by atoms with Gasteiger partial charge in [-0.25, -0.2) is 14.2 Å². The number of imidazole rings is 1. The van der Waals surface area contributed by atoms with Crippen molar-refractivity contribution in [1.29, 1.82) is 0 Å². The average molecular weight is 264 g/mol. The number of halogens is 1. The summed E-state index contributed by atoms with van der Waals surface area (Å²) in [5.74, 6) is -1.39. The first kappa shape index (κ1) is 14.9. The number of hydrogen-bond donors (Lipinski definition) is 1. The molecule has 1 N–H and O–H groups in total.